The highest BCUT2D eigenvalue weighted by atomic mass is 16.5. The Hall–Kier alpha value is -3.45. The number of nitrogens with zero attached hydrogens (tertiary/aromatic N) is 2. The minimum Gasteiger partial charge on any atom is -0.378 e. The van der Waals surface area contributed by atoms with Gasteiger partial charge in [-0.1, -0.05) is 30.3 Å². The van der Waals surface area contributed by atoms with E-state index in [0.29, 0.717) is 37.1 Å². The molecule has 1 aromatic heterocycles. The number of hydrogen-bond donors (Lipinski definition) is 2. The number of ether oxygens (including phenoxy) is 1. The number of aromatic amines is 1. The van der Waals surface area contributed by atoms with Gasteiger partial charge < -0.3 is 19.9 Å². The maximum atomic E-state index is 13.0. The number of fused-ring (bicyclic) bond motifs is 1. The SMILES string of the molecule is O=C(Nc1ccc(N2CCOCC2)cc1)C1CCc2nc(-c3ccccc3)[nH]c(=O)c2CC1. The molecule has 7 heteroatoms. The maximum Gasteiger partial charge on any atom is 0.254 e. The van der Waals surface area contributed by atoms with Crippen LogP contribution in [0.1, 0.15) is 24.1 Å². The Morgan fingerprint density at radius 3 is 2.48 bits per heavy atom. The Bertz CT molecular complexity index is 1170. The van der Waals surface area contributed by atoms with Crippen molar-refractivity contribution in [2.75, 3.05) is 36.5 Å². The minimum absolute atomic E-state index is 0.00152. The van der Waals surface area contributed by atoms with E-state index in [-0.39, 0.29) is 17.4 Å². The molecular weight excluding hydrogens is 416 g/mol. The lowest BCUT2D eigenvalue weighted by Gasteiger charge is -2.29. The predicted octanol–water partition coefficient (Wildman–Crippen LogP) is 3.41. The molecule has 0 radical (unpaired) electrons. The summed E-state index contributed by atoms with van der Waals surface area (Å²) in [6.45, 7) is 3.25. The number of anilines is 2. The molecule has 0 bridgehead atoms. The summed E-state index contributed by atoms with van der Waals surface area (Å²) in [7, 11) is 0. The fourth-order valence-electron chi connectivity index (χ4n) is 4.60. The summed E-state index contributed by atoms with van der Waals surface area (Å²) < 4.78 is 5.41. The standard InChI is InChI=1S/C26H28N4O3/c31-25(27-20-8-10-21(11-9-20)30-14-16-33-17-15-30)19-6-12-22-23(13-7-19)28-24(29-26(22)32)18-4-2-1-3-5-18/h1-5,8-11,19H,6-7,12-17H2,(H,27,31)(H,28,29,32). The van der Waals surface area contributed by atoms with E-state index in [2.05, 4.69) is 15.2 Å². The number of H-pyrrole nitrogens is 1. The molecule has 2 aliphatic rings. The minimum atomic E-state index is -0.155. The topological polar surface area (TPSA) is 87.3 Å². The van der Waals surface area contributed by atoms with Gasteiger partial charge in [0.1, 0.15) is 5.82 Å². The second-order valence-corrected chi connectivity index (χ2v) is 8.62. The average molecular weight is 445 g/mol. The van der Waals surface area contributed by atoms with E-state index in [1.54, 1.807) is 0 Å². The number of benzene rings is 2. The Morgan fingerprint density at radius 1 is 1.00 bits per heavy atom. The van der Waals surface area contributed by atoms with Crippen LogP contribution in [0.4, 0.5) is 11.4 Å². The summed E-state index contributed by atoms with van der Waals surface area (Å²) in [5.41, 5.74) is 4.24. The van der Waals surface area contributed by atoms with E-state index in [1.807, 2.05) is 54.6 Å². The summed E-state index contributed by atoms with van der Waals surface area (Å²) in [5.74, 6) is 0.432. The van der Waals surface area contributed by atoms with E-state index < -0.39 is 0 Å². The van der Waals surface area contributed by atoms with Crippen LogP contribution in [0.3, 0.4) is 0 Å². The lowest BCUT2D eigenvalue weighted by Crippen LogP contribution is -2.36. The molecule has 1 amide bonds. The monoisotopic (exact) mass is 444 g/mol. The van der Waals surface area contributed by atoms with Crippen molar-refractivity contribution in [2.45, 2.75) is 25.7 Å². The van der Waals surface area contributed by atoms with Gasteiger partial charge in [0.2, 0.25) is 5.91 Å². The Balaban J connectivity index is 1.25. The van der Waals surface area contributed by atoms with Crippen LogP contribution in [0.25, 0.3) is 11.4 Å². The van der Waals surface area contributed by atoms with Crippen molar-refractivity contribution in [2.24, 2.45) is 5.92 Å². The van der Waals surface area contributed by atoms with E-state index in [9.17, 15) is 9.59 Å². The molecular formula is C26H28N4O3. The van der Waals surface area contributed by atoms with Crippen LogP contribution in [-0.4, -0.2) is 42.2 Å². The van der Waals surface area contributed by atoms with Crippen LogP contribution in [-0.2, 0) is 22.4 Å². The van der Waals surface area contributed by atoms with Crippen molar-refractivity contribution in [1.82, 2.24) is 9.97 Å². The fraction of sp³-hybridized carbons (Fsp3) is 0.346. The highest BCUT2D eigenvalue weighted by Crippen LogP contribution is 2.25. The molecule has 170 valence electrons. The summed E-state index contributed by atoms with van der Waals surface area (Å²) in [5, 5.41) is 3.06. The van der Waals surface area contributed by atoms with E-state index in [4.69, 9.17) is 9.72 Å². The van der Waals surface area contributed by atoms with E-state index >= 15 is 0 Å². The van der Waals surface area contributed by atoms with Gasteiger partial charge in [0.15, 0.2) is 0 Å². The fourth-order valence-corrected chi connectivity index (χ4v) is 4.60. The molecule has 2 heterocycles. The molecule has 0 saturated carbocycles. The number of amides is 1. The molecule has 1 aliphatic carbocycles. The Morgan fingerprint density at radius 2 is 1.73 bits per heavy atom. The molecule has 33 heavy (non-hydrogen) atoms. The molecule has 1 unspecified atom stereocenters. The first-order valence-corrected chi connectivity index (χ1v) is 11.6. The number of nitrogens with one attached hydrogen (secondary N) is 2. The van der Waals surface area contributed by atoms with Gasteiger partial charge in [-0.05, 0) is 49.9 Å². The van der Waals surface area contributed by atoms with E-state index in [1.165, 1.54) is 0 Å². The third kappa shape index (κ3) is 4.83. The number of hydrogen-bond acceptors (Lipinski definition) is 5. The van der Waals surface area contributed by atoms with Crippen LogP contribution in [0, 0.1) is 5.92 Å². The zero-order valence-corrected chi connectivity index (χ0v) is 18.5. The molecule has 3 aromatic rings. The normalized spacial score (nSPS) is 18.3. The van der Waals surface area contributed by atoms with Crippen LogP contribution in [0.5, 0.6) is 0 Å². The second-order valence-electron chi connectivity index (χ2n) is 8.62. The molecule has 7 nitrogen and oxygen atoms in total. The third-order valence-electron chi connectivity index (χ3n) is 6.50. The van der Waals surface area contributed by atoms with Gasteiger partial charge in [0.05, 0.1) is 18.9 Å². The van der Waals surface area contributed by atoms with Crippen molar-refractivity contribution >= 4 is 17.3 Å². The van der Waals surface area contributed by atoms with Gasteiger partial charge in [-0.25, -0.2) is 4.98 Å². The molecule has 2 N–H and O–H groups in total. The summed E-state index contributed by atoms with van der Waals surface area (Å²) in [6, 6.07) is 17.6. The quantitative estimate of drug-likeness (QED) is 0.602. The molecule has 1 fully saturated rings. The lowest BCUT2D eigenvalue weighted by atomic mass is 9.98. The Kier molecular flexibility index (Phi) is 6.21. The highest BCUT2D eigenvalue weighted by Gasteiger charge is 2.25. The second kappa shape index (κ2) is 9.58. The summed E-state index contributed by atoms with van der Waals surface area (Å²) in [4.78, 5) is 35.7. The van der Waals surface area contributed by atoms with Gasteiger partial charge in [0.25, 0.3) is 5.56 Å². The number of morpholine rings is 1. The first-order chi connectivity index (χ1) is 16.2. The first-order valence-electron chi connectivity index (χ1n) is 11.6. The van der Waals surface area contributed by atoms with E-state index in [0.717, 1.165) is 48.9 Å². The zero-order chi connectivity index (χ0) is 22.6. The van der Waals surface area contributed by atoms with Crippen molar-refractivity contribution in [3.63, 3.8) is 0 Å². The number of rotatable bonds is 4. The highest BCUT2D eigenvalue weighted by molar-refractivity contribution is 5.92. The van der Waals surface area contributed by atoms with Gasteiger partial charge >= 0.3 is 0 Å². The van der Waals surface area contributed by atoms with Gasteiger partial charge in [-0.3, -0.25) is 9.59 Å². The van der Waals surface area contributed by atoms with Crippen molar-refractivity contribution in [1.29, 1.82) is 0 Å². The smallest absolute Gasteiger partial charge is 0.254 e. The van der Waals surface area contributed by atoms with Crippen molar-refractivity contribution in [3.8, 4) is 11.4 Å². The molecule has 1 atom stereocenters. The zero-order valence-electron chi connectivity index (χ0n) is 18.5. The number of aromatic nitrogens is 2. The van der Waals surface area contributed by atoms with Gasteiger partial charge in [-0.2, -0.15) is 0 Å². The van der Waals surface area contributed by atoms with Crippen molar-refractivity contribution < 1.29 is 9.53 Å². The first kappa shape index (κ1) is 21.4. The molecule has 1 aliphatic heterocycles. The third-order valence-corrected chi connectivity index (χ3v) is 6.50. The maximum absolute atomic E-state index is 13.0. The van der Waals surface area contributed by atoms with Crippen LogP contribution in [0.15, 0.2) is 59.4 Å². The predicted molar refractivity (Wildman–Crippen MR) is 129 cm³/mol. The van der Waals surface area contributed by atoms with Crippen LogP contribution < -0.4 is 15.8 Å². The molecule has 2 aromatic carbocycles. The number of carbonyl (C=O) groups excluding carboxylic acids is 1. The number of aryl methyl sites for hydroxylation is 1. The largest absolute Gasteiger partial charge is 0.378 e. The number of carbonyl (C=O) groups is 1. The Labute approximate surface area is 192 Å². The van der Waals surface area contributed by atoms with Gasteiger partial charge in [-0.15, -0.1) is 0 Å². The van der Waals surface area contributed by atoms with Gasteiger partial charge in [0, 0.05) is 41.5 Å². The summed E-state index contributed by atoms with van der Waals surface area (Å²) in [6.07, 6.45) is 2.49. The van der Waals surface area contributed by atoms with Crippen molar-refractivity contribution in [3.05, 3.63) is 76.2 Å². The average Bonchev–Trinajstić information content (AvgIpc) is 3.09. The van der Waals surface area contributed by atoms with Crippen LogP contribution in [0.2, 0.25) is 0 Å². The molecule has 5 rings (SSSR count). The molecule has 1 saturated heterocycles. The summed E-state index contributed by atoms with van der Waals surface area (Å²) >= 11 is 0. The lowest BCUT2D eigenvalue weighted by molar-refractivity contribution is -0.120. The van der Waals surface area contributed by atoms with Crippen LogP contribution >= 0.6 is 0 Å². The molecule has 0 spiro atoms.